The van der Waals surface area contributed by atoms with Gasteiger partial charge in [0.1, 0.15) is 5.76 Å². The fourth-order valence-corrected chi connectivity index (χ4v) is 1.83. The van der Waals surface area contributed by atoms with Gasteiger partial charge in [-0.25, -0.2) is 4.98 Å². The van der Waals surface area contributed by atoms with Gasteiger partial charge in [-0.15, -0.1) is 0 Å². The maximum absolute atomic E-state index is 5.80. The smallest absolute Gasteiger partial charge is 0.180 e. The maximum atomic E-state index is 5.80. The van der Waals surface area contributed by atoms with Crippen LogP contribution in [0.15, 0.2) is 17.0 Å². The summed E-state index contributed by atoms with van der Waals surface area (Å²) in [7, 11) is 0. The third-order valence-corrected chi connectivity index (χ3v) is 2.63. The molecule has 0 aliphatic heterocycles. The second kappa shape index (κ2) is 3.27. The van der Waals surface area contributed by atoms with Crippen molar-refractivity contribution in [2.24, 2.45) is 5.73 Å². The molecule has 1 aromatic heterocycles. The van der Waals surface area contributed by atoms with Gasteiger partial charge in [0, 0.05) is 12.0 Å². The van der Waals surface area contributed by atoms with Crippen LogP contribution in [0, 0.1) is 0 Å². The summed E-state index contributed by atoms with van der Waals surface area (Å²) < 4.78 is 5.26. The Labute approximate surface area is 72.0 Å². The van der Waals surface area contributed by atoms with E-state index in [-0.39, 0.29) is 0 Å². The first-order valence-electron chi connectivity index (χ1n) is 4.50. The summed E-state index contributed by atoms with van der Waals surface area (Å²) in [6.07, 6.45) is 7.86. The Balaban J connectivity index is 1.99. The average molecular weight is 166 g/mol. The lowest BCUT2D eigenvalue weighted by Gasteiger charge is -2.23. The minimum atomic E-state index is 0.407. The summed E-state index contributed by atoms with van der Waals surface area (Å²) in [6, 6.07) is 0.407. The molecule has 0 spiro atoms. The number of hydrogen-bond donors (Lipinski definition) is 1. The van der Waals surface area contributed by atoms with Crippen molar-refractivity contribution in [1.29, 1.82) is 0 Å². The van der Waals surface area contributed by atoms with E-state index in [1.54, 1.807) is 0 Å². The Morgan fingerprint density at radius 2 is 2.08 bits per heavy atom. The zero-order chi connectivity index (χ0) is 8.39. The molecule has 0 amide bonds. The number of nitrogens with zero attached hydrogens (tertiary/aromatic N) is 1. The van der Waals surface area contributed by atoms with Crippen LogP contribution in [-0.2, 0) is 0 Å². The van der Waals surface area contributed by atoms with Gasteiger partial charge in [0.15, 0.2) is 6.39 Å². The molecule has 1 aliphatic rings. The quantitative estimate of drug-likeness (QED) is 0.690. The Morgan fingerprint density at radius 3 is 2.67 bits per heavy atom. The number of rotatable bonds is 1. The largest absolute Gasteiger partial charge is 0.448 e. The predicted octanol–water partition coefficient (Wildman–Crippen LogP) is 1.66. The molecule has 1 aromatic rings. The van der Waals surface area contributed by atoms with Crippen LogP contribution < -0.4 is 5.73 Å². The molecule has 3 nitrogen and oxygen atoms in total. The highest BCUT2D eigenvalue weighted by atomic mass is 16.3. The van der Waals surface area contributed by atoms with Crippen molar-refractivity contribution in [3.63, 3.8) is 0 Å². The Kier molecular flexibility index (Phi) is 2.13. The Bertz CT molecular complexity index is 225. The molecule has 0 atom stereocenters. The minimum Gasteiger partial charge on any atom is -0.448 e. The van der Waals surface area contributed by atoms with Crippen molar-refractivity contribution < 1.29 is 4.42 Å². The van der Waals surface area contributed by atoms with Crippen LogP contribution in [0.4, 0.5) is 0 Å². The van der Waals surface area contributed by atoms with Gasteiger partial charge in [-0.1, -0.05) is 0 Å². The standard InChI is InChI=1S/C9H14N2O/c10-8-3-1-7(2-4-8)9-5-11-6-12-9/h5-8H,1-4,10H2/t7-,8-. The van der Waals surface area contributed by atoms with Gasteiger partial charge in [0.25, 0.3) is 0 Å². The fourth-order valence-electron chi connectivity index (χ4n) is 1.83. The molecule has 12 heavy (non-hydrogen) atoms. The zero-order valence-electron chi connectivity index (χ0n) is 7.07. The summed E-state index contributed by atoms with van der Waals surface area (Å²) in [4.78, 5) is 3.92. The molecule has 2 rings (SSSR count). The molecule has 0 bridgehead atoms. The van der Waals surface area contributed by atoms with Crippen molar-refractivity contribution in [2.45, 2.75) is 37.6 Å². The van der Waals surface area contributed by atoms with Gasteiger partial charge in [-0.3, -0.25) is 0 Å². The third-order valence-electron chi connectivity index (χ3n) is 2.63. The molecule has 1 aliphatic carbocycles. The molecule has 0 unspecified atom stereocenters. The summed E-state index contributed by atoms with van der Waals surface area (Å²) in [5.41, 5.74) is 5.80. The van der Waals surface area contributed by atoms with Crippen LogP contribution in [0.5, 0.6) is 0 Å². The summed E-state index contributed by atoms with van der Waals surface area (Å²) in [5, 5.41) is 0. The lowest BCUT2D eigenvalue weighted by Crippen LogP contribution is -2.25. The van der Waals surface area contributed by atoms with E-state index in [0.29, 0.717) is 12.0 Å². The molecule has 1 saturated carbocycles. The van der Waals surface area contributed by atoms with Gasteiger partial charge in [0.05, 0.1) is 6.20 Å². The van der Waals surface area contributed by atoms with E-state index in [1.807, 2.05) is 6.20 Å². The normalized spacial score (nSPS) is 30.4. The van der Waals surface area contributed by atoms with Crippen LogP contribution in [0.25, 0.3) is 0 Å². The highest BCUT2D eigenvalue weighted by Crippen LogP contribution is 2.31. The van der Waals surface area contributed by atoms with E-state index >= 15 is 0 Å². The molecule has 0 saturated heterocycles. The van der Waals surface area contributed by atoms with Crippen LogP contribution in [0.1, 0.15) is 37.4 Å². The molecule has 66 valence electrons. The first-order chi connectivity index (χ1) is 5.86. The molecule has 0 radical (unpaired) electrons. The van der Waals surface area contributed by atoms with Crippen molar-refractivity contribution in [3.8, 4) is 0 Å². The lowest BCUT2D eigenvalue weighted by molar-refractivity contribution is 0.347. The fraction of sp³-hybridized carbons (Fsp3) is 0.667. The molecule has 2 N–H and O–H groups in total. The van der Waals surface area contributed by atoms with Gasteiger partial charge in [-0.05, 0) is 25.7 Å². The van der Waals surface area contributed by atoms with E-state index < -0.39 is 0 Å². The molecule has 3 heteroatoms. The van der Waals surface area contributed by atoms with E-state index in [0.717, 1.165) is 31.4 Å². The van der Waals surface area contributed by atoms with Crippen LogP contribution in [0.3, 0.4) is 0 Å². The number of hydrogen-bond acceptors (Lipinski definition) is 3. The first kappa shape index (κ1) is 7.80. The summed E-state index contributed by atoms with van der Waals surface area (Å²) in [6.45, 7) is 0. The monoisotopic (exact) mass is 166 g/mol. The molecular formula is C9H14N2O. The molecule has 1 heterocycles. The number of aromatic nitrogens is 1. The van der Waals surface area contributed by atoms with Gasteiger partial charge in [-0.2, -0.15) is 0 Å². The van der Waals surface area contributed by atoms with Crippen LogP contribution >= 0.6 is 0 Å². The van der Waals surface area contributed by atoms with Crippen molar-refractivity contribution in [1.82, 2.24) is 4.98 Å². The van der Waals surface area contributed by atoms with Crippen molar-refractivity contribution in [3.05, 3.63) is 18.4 Å². The van der Waals surface area contributed by atoms with E-state index in [9.17, 15) is 0 Å². The minimum absolute atomic E-state index is 0.407. The number of nitrogens with two attached hydrogens (primary N) is 1. The SMILES string of the molecule is N[C@H]1CC[C@H](c2cnco2)CC1. The highest BCUT2D eigenvalue weighted by molar-refractivity contribution is 5.00. The lowest BCUT2D eigenvalue weighted by atomic mass is 9.85. The molecule has 0 aromatic carbocycles. The Hall–Kier alpha value is -0.830. The zero-order valence-corrected chi connectivity index (χ0v) is 7.07. The topological polar surface area (TPSA) is 52.0 Å². The second-order valence-corrected chi connectivity index (χ2v) is 3.52. The third kappa shape index (κ3) is 1.50. The Morgan fingerprint density at radius 1 is 1.33 bits per heavy atom. The number of oxazole rings is 1. The average Bonchev–Trinajstić information content (AvgIpc) is 2.58. The van der Waals surface area contributed by atoms with E-state index in [2.05, 4.69) is 4.98 Å². The summed E-state index contributed by atoms with van der Waals surface area (Å²) >= 11 is 0. The van der Waals surface area contributed by atoms with Crippen LogP contribution in [-0.4, -0.2) is 11.0 Å². The molecular weight excluding hydrogens is 152 g/mol. The maximum Gasteiger partial charge on any atom is 0.180 e. The molecule has 1 fully saturated rings. The second-order valence-electron chi connectivity index (χ2n) is 3.52. The van der Waals surface area contributed by atoms with Gasteiger partial charge < -0.3 is 10.2 Å². The van der Waals surface area contributed by atoms with Crippen LogP contribution in [0.2, 0.25) is 0 Å². The summed E-state index contributed by atoms with van der Waals surface area (Å²) in [5.74, 6) is 1.59. The van der Waals surface area contributed by atoms with Crippen molar-refractivity contribution >= 4 is 0 Å². The van der Waals surface area contributed by atoms with E-state index in [4.69, 9.17) is 10.2 Å². The van der Waals surface area contributed by atoms with Gasteiger partial charge in [0.2, 0.25) is 0 Å². The van der Waals surface area contributed by atoms with Gasteiger partial charge >= 0.3 is 0 Å². The highest BCUT2D eigenvalue weighted by Gasteiger charge is 2.21. The van der Waals surface area contributed by atoms with E-state index in [1.165, 1.54) is 6.39 Å². The predicted molar refractivity (Wildman–Crippen MR) is 45.7 cm³/mol. The van der Waals surface area contributed by atoms with Crippen molar-refractivity contribution in [2.75, 3.05) is 0 Å². The first-order valence-corrected chi connectivity index (χ1v) is 4.50.